The Bertz CT molecular complexity index is 817. The fraction of sp³-hybridized carbons (Fsp3) is 0.560. The number of aliphatic hydroxyl groups is 1. The largest absolute Gasteiger partial charge is 0.478 e. The van der Waals surface area contributed by atoms with Crippen LogP contribution in [0, 0.1) is 5.92 Å². The zero-order valence-electron chi connectivity index (χ0n) is 18.7. The number of hydrogen-bond acceptors (Lipinski definition) is 5. The molecule has 2 heterocycles. The molecule has 0 saturated carbocycles. The standard InChI is InChI=1S/C25H36N2O3S/c1-3-5-10-19(9-4-2)23(28)27(20-13-15-26-16-14-20)24-21(25(29)30)17-22(31-24)18-11-7-6-8-12-18/h6-8,11-12,17,19-20,23,26,28H,3-5,9-10,13-16H2,1-2H3,(H,29,30)/t19?,23-/m0/s1. The van der Waals surface area contributed by atoms with Crippen molar-refractivity contribution in [3.05, 3.63) is 42.0 Å². The number of rotatable bonds is 11. The molecule has 1 aromatic heterocycles. The number of aliphatic hydroxyl groups excluding tert-OH is 1. The number of carbonyl (C=O) groups is 1. The van der Waals surface area contributed by atoms with Crippen LogP contribution >= 0.6 is 11.3 Å². The number of benzene rings is 1. The first-order valence-corrected chi connectivity index (χ1v) is 12.5. The normalized spacial score (nSPS) is 16.7. The number of carboxylic acid groups (broad SMARTS) is 1. The van der Waals surface area contributed by atoms with Crippen LogP contribution in [-0.4, -0.2) is 41.5 Å². The van der Waals surface area contributed by atoms with E-state index in [0.29, 0.717) is 10.6 Å². The molecule has 0 amide bonds. The van der Waals surface area contributed by atoms with E-state index in [1.165, 1.54) is 11.3 Å². The molecule has 1 aliphatic heterocycles. The van der Waals surface area contributed by atoms with E-state index in [9.17, 15) is 15.0 Å². The highest BCUT2D eigenvalue weighted by atomic mass is 32.1. The van der Waals surface area contributed by atoms with Crippen molar-refractivity contribution in [2.24, 2.45) is 5.92 Å². The molecule has 0 spiro atoms. The summed E-state index contributed by atoms with van der Waals surface area (Å²) in [6.45, 7) is 6.11. The third-order valence-electron chi connectivity index (χ3n) is 6.23. The maximum absolute atomic E-state index is 12.2. The molecule has 0 radical (unpaired) electrons. The number of thiophene rings is 1. The minimum absolute atomic E-state index is 0.137. The molecule has 5 nitrogen and oxygen atoms in total. The minimum Gasteiger partial charge on any atom is -0.478 e. The van der Waals surface area contributed by atoms with Crippen LogP contribution in [0.25, 0.3) is 10.4 Å². The van der Waals surface area contributed by atoms with Gasteiger partial charge in [0.25, 0.3) is 0 Å². The van der Waals surface area contributed by atoms with Crippen molar-refractivity contribution in [2.75, 3.05) is 18.0 Å². The van der Waals surface area contributed by atoms with E-state index < -0.39 is 12.2 Å². The average molecular weight is 445 g/mol. The number of anilines is 1. The first-order valence-electron chi connectivity index (χ1n) is 11.7. The second-order valence-electron chi connectivity index (χ2n) is 8.49. The number of carboxylic acids is 1. The first kappa shape index (κ1) is 23.8. The monoisotopic (exact) mass is 444 g/mol. The van der Waals surface area contributed by atoms with Crippen molar-refractivity contribution < 1.29 is 15.0 Å². The van der Waals surface area contributed by atoms with Crippen LogP contribution in [0.3, 0.4) is 0 Å². The maximum Gasteiger partial charge on any atom is 0.338 e. The van der Waals surface area contributed by atoms with Gasteiger partial charge in [0.15, 0.2) is 0 Å². The molecule has 170 valence electrons. The van der Waals surface area contributed by atoms with Crippen molar-refractivity contribution in [3.8, 4) is 10.4 Å². The van der Waals surface area contributed by atoms with Crippen LogP contribution < -0.4 is 10.2 Å². The molecule has 1 unspecified atom stereocenters. The van der Waals surface area contributed by atoms with Gasteiger partial charge in [-0.3, -0.25) is 0 Å². The van der Waals surface area contributed by atoms with Gasteiger partial charge in [0.1, 0.15) is 11.2 Å². The Balaban J connectivity index is 2.04. The predicted octanol–water partition coefficient (Wildman–Crippen LogP) is 5.60. The van der Waals surface area contributed by atoms with Gasteiger partial charge in [0.2, 0.25) is 0 Å². The summed E-state index contributed by atoms with van der Waals surface area (Å²) >= 11 is 1.50. The van der Waals surface area contributed by atoms with Gasteiger partial charge < -0.3 is 20.4 Å². The number of aromatic carboxylic acids is 1. The van der Waals surface area contributed by atoms with E-state index in [0.717, 1.165) is 68.5 Å². The third-order valence-corrected chi connectivity index (χ3v) is 7.43. The molecule has 2 aromatic rings. The van der Waals surface area contributed by atoms with Crippen LogP contribution in [0.15, 0.2) is 36.4 Å². The number of unbranched alkanes of at least 4 members (excludes halogenated alkanes) is 1. The predicted molar refractivity (Wildman–Crippen MR) is 129 cm³/mol. The van der Waals surface area contributed by atoms with E-state index in [1.807, 2.05) is 30.3 Å². The molecule has 31 heavy (non-hydrogen) atoms. The van der Waals surface area contributed by atoms with Gasteiger partial charge in [-0.15, -0.1) is 11.3 Å². The van der Waals surface area contributed by atoms with Crippen LogP contribution in [0.4, 0.5) is 5.00 Å². The zero-order chi connectivity index (χ0) is 22.2. The Morgan fingerprint density at radius 2 is 1.87 bits per heavy atom. The summed E-state index contributed by atoms with van der Waals surface area (Å²) in [5.74, 6) is -0.788. The van der Waals surface area contributed by atoms with E-state index >= 15 is 0 Å². The highest BCUT2D eigenvalue weighted by Gasteiger charge is 2.35. The Morgan fingerprint density at radius 3 is 2.48 bits per heavy atom. The number of nitrogens with one attached hydrogen (secondary N) is 1. The highest BCUT2D eigenvalue weighted by Crippen LogP contribution is 2.42. The molecular weight excluding hydrogens is 408 g/mol. The van der Waals surface area contributed by atoms with E-state index in [-0.39, 0.29) is 12.0 Å². The van der Waals surface area contributed by atoms with Gasteiger partial charge in [0.05, 0.1) is 5.56 Å². The Hall–Kier alpha value is -1.89. The lowest BCUT2D eigenvalue weighted by atomic mass is 9.92. The molecule has 0 aliphatic carbocycles. The van der Waals surface area contributed by atoms with Crippen molar-refractivity contribution >= 4 is 22.3 Å². The summed E-state index contributed by atoms with van der Waals surface area (Å²) in [5.41, 5.74) is 1.31. The second kappa shape index (κ2) is 11.7. The molecular formula is C25H36N2O3S. The highest BCUT2D eigenvalue weighted by molar-refractivity contribution is 7.19. The molecule has 1 aromatic carbocycles. The van der Waals surface area contributed by atoms with E-state index in [1.54, 1.807) is 6.07 Å². The summed E-state index contributed by atoms with van der Waals surface area (Å²) in [7, 11) is 0. The molecule has 3 N–H and O–H groups in total. The van der Waals surface area contributed by atoms with Crippen molar-refractivity contribution in [1.82, 2.24) is 5.32 Å². The molecule has 0 bridgehead atoms. The van der Waals surface area contributed by atoms with Crippen molar-refractivity contribution in [3.63, 3.8) is 0 Å². The van der Waals surface area contributed by atoms with Crippen LogP contribution in [0.5, 0.6) is 0 Å². The number of piperidine rings is 1. The second-order valence-corrected chi connectivity index (χ2v) is 9.52. The molecule has 1 fully saturated rings. The summed E-state index contributed by atoms with van der Waals surface area (Å²) in [6.07, 6.45) is 6.23. The van der Waals surface area contributed by atoms with Gasteiger partial charge in [-0.2, -0.15) is 0 Å². The van der Waals surface area contributed by atoms with Gasteiger partial charge >= 0.3 is 5.97 Å². The minimum atomic E-state index is -0.930. The molecule has 1 aliphatic rings. The quantitative estimate of drug-likeness (QED) is 0.394. The third kappa shape index (κ3) is 5.88. The number of hydrogen-bond donors (Lipinski definition) is 3. The summed E-state index contributed by atoms with van der Waals surface area (Å²) in [6, 6.07) is 11.8. The molecule has 2 atom stereocenters. The van der Waals surface area contributed by atoms with Crippen LogP contribution in [0.2, 0.25) is 0 Å². The summed E-state index contributed by atoms with van der Waals surface area (Å²) in [5, 5.41) is 25.8. The summed E-state index contributed by atoms with van der Waals surface area (Å²) in [4.78, 5) is 15.2. The smallest absolute Gasteiger partial charge is 0.338 e. The van der Waals surface area contributed by atoms with Crippen LogP contribution in [0.1, 0.15) is 69.2 Å². The number of nitrogens with zero attached hydrogens (tertiary/aromatic N) is 1. The van der Waals surface area contributed by atoms with E-state index in [4.69, 9.17) is 0 Å². The first-order chi connectivity index (χ1) is 15.1. The van der Waals surface area contributed by atoms with E-state index in [2.05, 4.69) is 24.1 Å². The Morgan fingerprint density at radius 1 is 1.16 bits per heavy atom. The SMILES string of the molecule is CCCCC(CCC)[C@H](O)N(c1sc(-c2ccccc2)cc1C(=O)O)C1CCNCC1. The molecule has 3 rings (SSSR count). The lowest BCUT2D eigenvalue weighted by molar-refractivity contribution is 0.0689. The van der Waals surface area contributed by atoms with Gasteiger partial charge in [-0.1, -0.05) is 63.4 Å². The van der Waals surface area contributed by atoms with Crippen molar-refractivity contribution in [1.29, 1.82) is 0 Å². The van der Waals surface area contributed by atoms with Crippen molar-refractivity contribution in [2.45, 2.75) is 71.1 Å². The van der Waals surface area contributed by atoms with Gasteiger partial charge in [0, 0.05) is 16.8 Å². The lowest BCUT2D eigenvalue weighted by Crippen LogP contribution is -2.51. The van der Waals surface area contributed by atoms with Gasteiger partial charge in [-0.05, 0) is 50.4 Å². The fourth-order valence-electron chi connectivity index (χ4n) is 4.56. The fourth-order valence-corrected chi connectivity index (χ4v) is 5.82. The van der Waals surface area contributed by atoms with Crippen LogP contribution in [-0.2, 0) is 0 Å². The molecule has 6 heteroatoms. The Labute approximate surface area is 190 Å². The van der Waals surface area contributed by atoms with Gasteiger partial charge in [-0.25, -0.2) is 4.79 Å². The molecule has 1 saturated heterocycles. The zero-order valence-corrected chi connectivity index (χ0v) is 19.5. The Kier molecular flexibility index (Phi) is 8.93. The lowest BCUT2D eigenvalue weighted by Gasteiger charge is -2.42. The topological polar surface area (TPSA) is 72.8 Å². The average Bonchev–Trinajstić information content (AvgIpc) is 3.23. The summed E-state index contributed by atoms with van der Waals surface area (Å²) < 4.78 is 0. The maximum atomic E-state index is 12.2.